The van der Waals surface area contributed by atoms with Crippen molar-refractivity contribution in [3.63, 3.8) is 0 Å². The van der Waals surface area contributed by atoms with Gasteiger partial charge in [0.1, 0.15) is 5.75 Å². The van der Waals surface area contributed by atoms with E-state index in [9.17, 15) is 4.79 Å². The molecule has 1 aromatic carbocycles. The predicted octanol–water partition coefficient (Wildman–Crippen LogP) is 3.99. The first kappa shape index (κ1) is 19.8. The Hall–Kier alpha value is -1.26. The number of nitrogens with two attached hydrogens (primary N) is 1. The highest BCUT2D eigenvalue weighted by Crippen LogP contribution is 2.28. The molecule has 0 aromatic heterocycles. The van der Waals surface area contributed by atoms with E-state index in [2.05, 4.69) is 19.2 Å². The fourth-order valence-corrected chi connectivity index (χ4v) is 2.88. The third-order valence-corrected chi connectivity index (χ3v) is 4.15. The highest BCUT2D eigenvalue weighted by atomic mass is 35.5. The Labute approximate surface area is 145 Å². The fourth-order valence-electron chi connectivity index (χ4n) is 2.88. The van der Waals surface area contributed by atoms with E-state index in [0.717, 1.165) is 24.3 Å². The zero-order valence-corrected chi connectivity index (χ0v) is 14.9. The van der Waals surface area contributed by atoms with Crippen LogP contribution in [0.2, 0.25) is 0 Å². The van der Waals surface area contributed by atoms with Crippen molar-refractivity contribution in [2.45, 2.75) is 52.0 Å². The number of carbonyl (C=O) groups is 1. The molecule has 0 heterocycles. The number of carbonyl (C=O) groups excluding carboxylic acids is 1. The van der Waals surface area contributed by atoms with Crippen molar-refractivity contribution in [1.29, 1.82) is 0 Å². The summed E-state index contributed by atoms with van der Waals surface area (Å²) in [4.78, 5) is 12.3. The van der Waals surface area contributed by atoms with Gasteiger partial charge in [0.2, 0.25) is 5.91 Å². The first-order valence-corrected chi connectivity index (χ1v) is 8.33. The molecule has 5 heteroatoms. The van der Waals surface area contributed by atoms with Crippen LogP contribution < -0.4 is 15.8 Å². The van der Waals surface area contributed by atoms with E-state index in [0.29, 0.717) is 24.9 Å². The first-order chi connectivity index (χ1) is 10.6. The lowest BCUT2D eigenvalue weighted by Crippen LogP contribution is -2.35. The minimum Gasteiger partial charge on any atom is -0.491 e. The molecule has 1 amide bonds. The molecule has 1 aliphatic rings. The third kappa shape index (κ3) is 6.40. The van der Waals surface area contributed by atoms with Gasteiger partial charge in [-0.25, -0.2) is 0 Å². The molecule has 1 aliphatic carbocycles. The minimum absolute atomic E-state index is 0. The number of nitrogens with one attached hydrogen (secondary N) is 1. The highest BCUT2D eigenvalue weighted by Gasteiger charge is 2.24. The van der Waals surface area contributed by atoms with Crippen molar-refractivity contribution in [1.82, 2.24) is 0 Å². The van der Waals surface area contributed by atoms with Crippen LogP contribution in [0.25, 0.3) is 0 Å². The van der Waals surface area contributed by atoms with Gasteiger partial charge in [-0.15, -0.1) is 12.4 Å². The molecule has 2 rings (SSSR count). The Balaban J connectivity index is 0.00000264. The number of halogens is 1. The number of para-hydroxylation sites is 2. The topological polar surface area (TPSA) is 64.3 Å². The van der Waals surface area contributed by atoms with Crippen LogP contribution >= 0.6 is 12.4 Å². The predicted molar refractivity (Wildman–Crippen MR) is 97.2 cm³/mol. The summed E-state index contributed by atoms with van der Waals surface area (Å²) in [5.74, 6) is 1.52. The second kappa shape index (κ2) is 9.78. The first-order valence-electron chi connectivity index (χ1n) is 8.33. The van der Waals surface area contributed by atoms with Crippen molar-refractivity contribution >= 4 is 24.0 Å². The zero-order valence-electron chi connectivity index (χ0n) is 14.1. The van der Waals surface area contributed by atoms with E-state index >= 15 is 0 Å². The van der Waals surface area contributed by atoms with E-state index in [-0.39, 0.29) is 24.4 Å². The second-order valence-electron chi connectivity index (χ2n) is 6.66. The molecule has 1 fully saturated rings. The Morgan fingerprint density at radius 1 is 1.30 bits per heavy atom. The molecule has 130 valence electrons. The molecular formula is C18H29ClN2O2. The van der Waals surface area contributed by atoms with Gasteiger partial charge in [-0.3, -0.25) is 4.79 Å². The van der Waals surface area contributed by atoms with Gasteiger partial charge in [-0.2, -0.15) is 0 Å². The van der Waals surface area contributed by atoms with E-state index in [1.165, 1.54) is 12.8 Å². The van der Waals surface area contributed by atoms with Gasteiger partial charge in [0.15, 0.2) is 0 Å². The summed E-state index contributed by atoms with van der Waals surface area (Å²) in [6.45, 7) is 4.84. The molecule has 2 unspecified atom stereocenters. The SMILES string of the molecule is CC(C)COc1ccccc1NC(=O)CC1CCCCC1N.Cl. The van der Waals surface area contributed by atoms with Crippen LogP contribution in [-0.4, -0.2) is 18.6 Å². The monoisotopic (exact) mass is 340 g/mol. The molecule has 0 aliphatic heterocycles. The van der Waals surface area contributed by atoms with Gasteiger partial charge in [-0.1, -0.05) is 38.8 Å². The minimum atomic E-state index is 0. The van der Waals surface area contributed by atoms with Crippen molar-refractivity contribution < 1.29 is 9.53 Å². The van der Waals surface area contributed by atoms with Gasteiger partial charge in [-0.05, 0) is 36.8 Å². The average molecular weight is 341 g/mol. The molecule has 1 saturated carbocycles. The Morgan fingerprint density at radius 2 is 2.00 bits per heavy atom. The summed E-state index contributed by atoms with van der Waals surface area (Å²) >= 11 is 0. The lowest BCUT2D eigenvalue weighted by Gasteiger charge is -2.28. The molecule has 1 aromatic rings. The van der Waals surface area contributed by atoms with Crippen LogP contribution in [0.4, 0.5) is 5.69 Å². The van der Waals surface area contributed by atoms with Crippen molar-refractivity contribution in [3.05, 3.63) is 24.3 Å². The van der Waals surface area contributed by atoms with Gasteiger partial charge < -0.3 is 15.8 Å². The standard InChI is InChI=1S/C18H28N2O2.ClH/c1-13(2)12-22-17-10-6-5-9-16(17)20-18(21)11-14-7-3-4-8-15(14)19;/h5-6,9-10,13-15H,3-4,7-8,11-12,19H2,1-2H3,(H,20,21);1H. The molecule has 0 bridgehead atoms. The largest absolute Gasteiger partial charge is 0.491 e. The quantitative estimate of drug-likeness (QED) is 0.823. The Morgan fingerprint density at radius 3 is 2.70 bits per heavy atom. The third-order valence-electron chi connectivity index (χ3n) is 4.15. The van der Waals surface area contributed by atoms with Crippen LogP contribution in [0, 0.1) is 11.8 Å². The molecule has 23 heavy (non-hydrogen) atoms. The number of ether oxygens (including phenoxy) is 1. The number of hydrogen-bond donors (Lipinski definition) is 2. The van der Waals surface area contributed by atoms with E-state index < -0.39 is 0 Å². The number of benzene rings is 1. The van der Waals surface area contributed by atoms with E-state index in [1.54, 1.807) is 0 Å². The summed E-state index contributed by atoms with van der Waals surface area (Å²) in [6, 6.07) is 7.76. The van der Waals surface area contributed by atoms with Crippen LogP contribution in [-0.2, 0) is 4.79 Å². The Kier molecular flexibility index (Phi) is 8.42. The maximum Gasteiger partial charge on any atom is 0.224 e. The zero-order chi connectivity index (χ0) is 15.9. The fraction of sp³-hybridized carbons (Fsp3) is 0.611. The molecule has 4 nitrogen and oxygen atoms in total. The van der Waals surface area contributed by atoms with E-state index in [1.807, 2.05) is 24.3 Å². The van der Waals surface area contributed by atoms with Gasteiger partial charge in [0.25, 0.3) is 0 Å². The summed E-state index contributed by atoms with van der Waals surface area (Å²) in [5.41, 5.74) is 6.87. The molecule has 0 radical (unpaired) electrons. The van der Waals surface area contributed by atoms with Crippen LogP contribution in [0.1, 0.15) is 46.0 Å². The number of anilines is 1. The van der Waals surface area contributed by atoms with Gasteiger partial charge in [0.05, 0.1) is 12.3 Å². The van der Waals surface area contributed by atoms with Crippen molar-refractivity contribution in [3.8, 4) is 5.75 Å². The van der Waals surface area contributed by atoms with Crippen molar-refractivity contribution in [2.24, 2.45) is 17.6 Å². The van der Waals surface area contributed by atoms with Gasteiger partial charge >= 0.3 is 0 Å². The van der Waals surface area contributed by atoms with Crippen LogP contribution in [0.15, 0.2) is 24.3 Å². The number of amides is 1. The van der Waals surface area contributed by atoms with Crippen LogP contribution in [0.3, 0.4) is 0 Å². The summed E-state index contributed by atoms with van der Waals surface area (Å²) in [5, 5.41) is 2.98. The maximum absolute atomic E-state index is 12.3. The molecule has 3 N–H and O–H groups in total. The lowest BCUT2D eigenvalue weighted by molar-refractivity contribution is -0.117. The molecule has 2 atom stereocenters. The molecule has 0 saturated heterocycles. The summed E-state index contributed by atoms with van der Waals surface area (Å²) in [6.07, 6.45) is 4.96. The Bertz CT molecular complexity index is 494. The summed E-state index contributed by atoms with van der Waals surface area (Å²) < 4.78 is 5.77. The van der Waals surface area contributed by atoms with E-state index in [4.69, 9.17) is 10.5 Å². The average Bonchev–Trinajstić information content (AvgIpc) is 2.48. The van der Waals surface area contributed by atoms with Crippen molar-refractivity contribution in [2.75, 3.05) is 11.9 Å². The lowest BCUT2D eigenvalue weighted by atomic mass is 9.83. The maximum atomic E-state index is 12.3. The van der Waals surface area contributed by atoms with Crippen LogP contribution in [0.5, 0.6) is 5.75 Å². The second-order valence-corrected chi connectivity index (χ2v) is 6.66. The number of hydrogen-bond acceptors (Lipinski definition) is 3. The molecular weight excluding hydrogens is 312 g/mol. The highest BCUT2D eigenvalue weighted by molar-refractivity contribution is 5.92. The smallest absolute Gasteiger partial charge is 0.224 e. The summed E-state index contributed by atoms with van der Waals surface area (Å²) in [7, 11) is 0. The van der Waals surface area contributed by atoms with Gasteiger partial charge in [0, 0.05) is 12.5 Å². The normalized spacial score (nSPS) is 20.7. The molecule has 0 spiro atoms. The number of rotatable bonds is 6.